The van der Waals surface area contributed by atoms with Crippen LogP contribution in [0.3, 0.4) is 0 Å². The molecule has 0 N–H and O–H groups in total. The molecule has 1 aromatic rings. The summed E-state index contributed by atoms with van der Waals surface area (Å²) in [6.45, 7) is 0. The van der Waals surface area contributed by atoms with E-state index in [0.29, 0.717) is 0 Å². The zero-order chi connectivity index (χ0) is 9.10. The van der Waals surface area contributed by atoms with Crippen LogP contribution in [0.1, 0.15) is 24.8 Å². The average Bonchev–Trinajstić information content (AvgIpc) is 2.71. The van der Waals surface area contributed by atoms with Crippen molar-refractivity contribution in [3.63, 3.8) is 0 Å². The largest absolute Gasteiger partial charge is 0.497 e. The molecule has 0 bridgehead atoms. The van der Waals surface area contributed by atoms with Crippen LogP contribution in [0.15, 0.2) is 30.3 Å². The summed E-state index contributed by atoms with van der Waals surface area (Å²) >= 11 is 0. The molecule has 2 rings (SSSR count). The van der Waals surface area contributed by atoms with Crippen LogP contribution in [0.4, 0.5) is 0 Å². The molecule has 0 radical (unpaired) electrons. The van der Waals surface area contributed by atoms with Crippen LogP contribution in [0.25, 0.3) is 5.57 Å². The van der Waals surface area contributed by atoms with Crippen molar-refractivity contribution in [2.45, 2.75) is 19.3 Å². The molecule has 0 saturated carbocycles. The molecule has 1 heteroatoms. The molecule has 0 saturated heterocycles. The lowest BCUT2D eigenvalue weighted by Gasteiger charge is -2.03. The van der Waals surface area contributed by atoms with Gasteiger partial charge in [0.25, 0.3) is 0 Å². The third-order valence-electron chi connectivity index (χ3n) is 2.50. The van der Waals surface area contributed by atoms with Crippen molar-refractivity contribution in [3.05, 3.63) is 35.9 Å². The summed E-state index contributed by atoms with van der Waals surface area (Å²) in [4.78, 5) is 0. The highest BCUT2D eigenvalue weighted by atomic mass is 16.5. The second kappa shape index (κ2) is 3.65. The fourth-order valence-corrected chi connectivity index (χ4v) is 1.74. The molecule has 0 fully saturated rings. The number of allylic oxidation sites excluding steroid dienone is 2. The van der Waals surface area contributed by atoms with Gasteiger partial charge in [-0.05, 0) is 42.5 Å². The summed E-state index contributed by atoms with van der Waals surface area (Å²) < 4.78 is 5.11. The maximum Gasteiger partial charge on any atom is 0.118 e. The fraction of sp³-hybridized carbons (Fsp3) is 0.333. The molecule has 1 aliphatic rings. The summed E-state index contributed by atoms with van der Waals surface area (Å²) in [5.41, 5.74) is 2.83. The van der Waals surface area contributed by atoms with Gasteiger partial charge in [-0.2, -0.15) is 0 Å². The number of rotatable bonds is 2. The van der Waals surface area contributed by atoms with E-state index in [9.17, 15) is 0 Å². The number of ether oxygens (including phenoxy) is 1. The minimum absolute atomic E-state index is 0.933. The third kappa shape index (κ3) is 1.74. The van der Waals surface area contributed by atoms with Crippen LogP contribution in [-0.4, -0.2) is 7.11 Å². The summed E-state index contributed by atoms with van der Waals surface area (Å²) in [6, 6.07) is 8.31. The van der Waals surface area contributed by atoms with Gasteiger partial charge in [-0.25, -0.2) is 0 Å². The van der Waals surface area contributed by atoms with E-state index in [-0.39, 0.29) is 0 Å². The van der Waals surface area contributed by atoms with Crippen molar-refractivity contribution in [1.82, 2.24) is 0 Å². The molecule has 1 aliphatic carbocycles. The SMILES string of the molecule is COc1ccc(C2=CCCC2)cc1. The summed E-state index contributed by atoms with van der Waals surface area (Å²) in [5.74, 6) is 0.933. The Balaban J connectivity index is 2.22. The molecular weight excluding hydrogens is 160 g/mol. The lowest BCUT2D eigenvalue weighted by molar-refractivity contribution is 0.415. The molecule has 1 aromatic carbocycles. The molecular formula is C12H14O. The van der Waals surface area contributed by atoms with E-state index in [1.54, 1.807) is 7.11 Å². The van der Waals surface area contributed by atoms with E-state index in [4.69, 9.17) is 4.74 Å². The van der Waals surface area contributed by atoms with Gasteiger partial charge in [0.2, 0.25) is 0 Å². The first-order valence-corrected chi connectivity index (χ1v) is 4.73. The van der Waals surface area contributed by atoms with Gasteiger partial charge in [-0.15, -0.1) is 0 Å². The second-order valence-corrected chi connectivity index (χ2v) is 3.35. The molecule has 0 heterocycles. The van der Waals surface area contributed by atoms with Crippen molar-refractivity contribution in [3.8, 4) is 5.75 Å². The predicted molar refractivity (Wildman–Crippen MR) is 54.8 cm³/mol. The van der Waals surface area contributed by atoms with Crippen LogP contribution in [-0.2, 0) is 0 Å². The Morgan fingerprint density at radius 1 is 1.15 bits per heavy atom. The lowest BCUT2D eigenvalue weighted by atomic mass is 10.1. The van der Waals surface area contributed by atoms with E-state index < -0.39 is 0 Å². The quantitative estimate of drug-likeness (QED) is 0.668. The third-order valence-corrected chi connectivity index (χ3v) is 2.50. The van der Waals surface area contributed by atoms with Crippen molar-refractivity contribution in [1.29, 1.82) is 0 Å². The molecule has 0 atom stereocenters. The van der Waals surface area contributed by atoms with E-state index in [1.807, 2.05) is 12.1 Å². The van der Waals surface area contributed by atoms with E-state index >= 15 is 0 Å². The topological polar surface area (TPSA) is 9.23 Å². The van der Waals surface area contributed by atoms with Gasteiger partial charge in [-0.1, -0.05) is 18.2 Å². The normalized spacial score (nSPS) is 15.6. The molecule has 1 nitrogen and oxygen atoms in total. The first kappa shape index (κ1) is 8.36. The van der Waals surface area contributed by atoms with Gasteiger partial charge >= 0.3 is 0 Å². The van der Waals surface area contributed by atoms with Crippen LogP contribution in [0.5, 0.6) is 5.75 Å². The summed E-state index contributed by atoms with van der Waals surface area (Å²) in [7, 11) is 1.70. The number of hydrogen-bond acceptors (Lipinski definition) is 1. The fourth-order valence-electron chi connectivity index (χ4n) is 1.74. The molecule has 0 aromatic heterocycles. The van der Waals surface area contributed by atoms with Crippen molar-refractivity contribution in [2.24, 2.45) is 0 Å². The number of hydrogen-bond donors (Lipinski definition) is 0. The van der Waals surface area contributed by atoms with Gasteiger partial charge in [0.05, 0.1) is 7.11 Å². The Morgan fingerprint density at radius 3 is 2.46 bits per heavy atom. The zero-order valence-corrected chi connectivity index (χ0v) is 7.92. The van der Waals surface area contributed by atoms with Gasteiger partial charge < -0.3 is 4.74 Å². The Morgan fingerprint density at radius 2 is 1.92 bits per heavy atom. The van der Waals surface area contributed by atoms with Crippen LogP contribution in [0.2, 0.25) is 0 Å². The highest BCUT2D eigenvalue weighted by Crippen LogP contribution is 2.28. The maximum absolute atomic E-state index is 5.11. The predicted octanol–water partition coefficient (Wildman–Crippen LogP) is 3.26. The molecule has 0 aliphatic heterocycles. The smallest absolute Gasteiger partial charge is 0.118 e. The zero-order valence-electron chi connectivity index (χ0n) is 7.92. The molecule has 68 valence electrons. The van der Waals surface area contributed by atoms with E-state index in [0.717, 1.165) is 5.75 Å². The van der Waals surface area contributed by atoms with Crippen LogP contribution < -0.4 is 4.74 Å². The minimum atomic E-state index is 0.933. The van der Waals surface area contributed by atoms with Crippen LogP contribution in [0, 0.1) is 0 Å². The Kier molecular flexibility index (Phi) is 2.35. The van der Waals surface area contributed by atoms with Gasteiger partial charge in [0.15, 0.2) is 0 Å². The minimum Gasteiger partial charge on any atom is -0.497 e. The first-order valence-electron chi connectivity index (χ1n) is 4.73. The number of benzene rings is 1. The van der Waals surface area contributed by atoms with E-state index in [2.05, 4.69) is 18.2 Å². The number of methoxy groups -OCH3 is 1. The second-order valence-electron chi connectivity index (χ2n) is 3.35. The molecule has 0 amide bonds. The molecule has 0 spiro atoms. The van der Waals surface area contributed by atoms with Crippen molar-refractivity contribution >= 4 is 5.57 Å². The highest BCUT2D eigenvalue weighted by molar-refractivity contribution is 5.67. The monoisotopic (exact) mass is 174 g/mol. The van der Waals surface area contributed by atoms with Crippen molar-refractivity contribution in [2.75, 3.05) is 7.11 Å². The summed E-state index contributed by atoms with van der Waals surface area (Å²) in [6.07, 6.45) is 6.11. The summed E-state index contributed by atoms with van der Waals surface area (Å²) in [5, 5.41) is 0. The van der Waals surface area contributed by atoms with Gasteiger partial charge in [-0.3, -0.25) is 0 Å². The average molecular weight is 174 g/mol. The Labute approximate surface area is 79.0 Å². The van der Waals surface area contributed by atoms with Crippen molar-refractivity contribution < 1.29 is 4.74 Å². The van der Waals surface area contributed by atoms with Gasteiger partial charge in [0.1, 0.15) is 5.75 Å². The first-order chi connectivity index (χ1) is 6.40. The Hall–Kier alpha value is -1.24. The van der Waals surface area contributed by atoms with E-state index in [1.165, 1.54) is 30.4 Å². The van der Waals surface area contributed by atoms with Gasteiger partial charge in [0, 0.05) is 0 Å². The standard InChI is InChI=1S/C12H14O/c1-13-12-8-6-11(7-9-12)10-4-2-3-5-10/h4,6-9H,2-3,5H2,1H3. The molecule has 13 heavy (non-hydrogen) atoms. The lowest BCUT2D eigenvalue weighted by Crippen LogP contribution is -1.84. The Bertz CT molecular complexity index is 308. The highest BCUT2D eigenvalue weighted by Gasteiger charge is 2.06. The maximum atomic E-state index is 5.11. The van der Waals surface area contributed by atoms with Crippen LogP contribution >= 0.6 is 0 Å². The molecule has 0 unspecified atom stereocenters.